The molecule has 0 aromatic heterocycles. The van der Waals surface area contributed by atoms with Gasteiger partial charge in [0.2, 0.25) is 0 Å². The van der Waals surface area contributed by atoms with Gasteiger partial charge in [-0.05, 0) is 74.0 Å². The van der Waals surface area contributed by atoms with Crippen LogP contribution in [0.1, 0.15) is 38.5 Å². The van der Waals surface area contributed by atoms with Gasteiger partial charge in [0.1, 0.15) is 0 Å². The van der Waals surface area contributed by atoms with Gasteiger partial charge >= 0.3 is 0 Å². The molecule has 7 saturated carbocycles. The van der Waals surface area contributed by atoms with Crippen molar-refractivity contribution in [3.8, 4) is 24.7 Å². The van der Waals surface area contributed by atoms with Gasteiger partial charge < -0.3 is 0 Å². The smallest absolute Gasteiger partial charge is 0.0377 e. The SMILES string of the molecule is C#CC12CC3CC4C1CC1CC2C(C3)C4(C#C)C1. The summed E-state index contributed by atoms with van der Waals surface area (Å²) in [4.78, 5) is 0. The van der Waals surface area contributed by atoms with Gasteiger partial charge in [-0.2, -0.15) is 0 Å². The summed E-state index contributed by atoms with van der Waals surface area (Å²) in [5, 5.41) is 0. The number of hydrogen-bond acceptors (Lipinski definition) is 0. The lowest BCUT2D eigenvalue weighted by Gasteiger charge is -2.76. The predicted molar refractivity (Wildman–Crippen MR) is 71.2 cm³/mol. The van der Waals surface area contributed by atoms with E-state index in [4.69, 9.17) is 12.8 Å². The van der Waals surface area contributed by atoms with Crippen LogP contribution in [0.15, 0.2) is 0 Å². The van der Waals surface area contributed by atoms with Crippen LogP contribution >= 0.6 is 0 Å². The Labute approximate surface area is 110 Å². The normalized spacial score (nSPS) is 65.9. The molecule has 0 nitrogen and oxygen atoms in total. The fraction of sp³-hybridized carbons (Fsp3) is 0.778. The monoisotopic (exact) mass is 236 g/mol. The molecule has 0 amide bonds. The zero-order chi connectivity index (χ0) is 12.1. The topological polar surface area (TPSA) is 0 Å². The standard InChI is InChI=1S/C18H20/c1-3-17-9-11-7-15-13(17)5-12-6-14(17)16(8-11)18(15,4-2)10-12/h1-2,11-16H,5-10H2. The fourth-order valence-corrected chi connectivity index (χ4v) is 7.55. The van der Waals surface area contributed by atoms with Gasteiger partial charge in [-0.1, -0.05) is 11.8 Å². The molecular weight excluding hydrogens is 216 g/mol. The highest BCUT2D eigenvalue weighted by Crippen LogP contribution is 2.79. The molecule has 18 heavy (non-hydrogen) atoms. The molecule has 0 aliphatic heterocycles. The summed E-state index contributed by atoms with van der Waals surface area (Å²) in [6, 6.07) is 0. The van der Waals surface area contributed by atoms with Gasteiger partial charge in [0.05, 0.1) is 0 Å². The molecule has 0 aromatic carbocycles. The lowest BCUT2D eigenvalue weighted by molar-refractivity contribution is -0.258. The van der Waals surface area contributed by atoms with E-state index >= 15 is 0 Å². The first-order chi connectivity index (χ1) is 8.73. The Bertz CT molecular complexity index is 441. The van der Waals surface area contributed by atoms with Crippen LogP contribution in [-0.2, 0) is 0 Å². The minimum Gasteiger partial charge on any atom is -0.119 e. The van der Waals surface area contributed by atoms with Crippen LogP contribution in [0.3, 0.4) is 0 Å². The third-order valence-electron chi connectivity index (χ3n) is 7.76. The summed E-state index contributed by atoms with van der Waals surface area (Å²) >= 11 is 0. The molecule has 8 bridgehead atoms. The Balaban J connectivity index is 1.78. The number of rotatable bonds is 0. The first-order valence-electron chi connectivity index (χ1n) is 7.69. The zero-order valence-corrected chi connectivity index (χ0v) is 10.9. The number of hydrogen-bond donors (Lipinski definition) is 0. The molecule has 0 heterocycles. The first kappa shape index (κ1) is 9.97. The van der Waals surface area contributed by atoms with E-state index in [-0.39, 0.29) is 10.8 Å². The fourth-order valence-electron chi connectivity index (χ4n) is 7.55. The van der Waals surface area contributed by atoms with Gasteiger partial charge in [0.15, 0.2) is 0 Å². The molecule has 4 unspecified atom stereocenters. The van der Waals surface area contributed by atoms with Crippen LogP contribution in [0, 0.1) is 71.0 Å². The highest BCUT2D eigenvalue weighted by atomic mass is 14.8. The van der Waals surface area contributed by atoms with Crippen molar-refractivity contribution in [2.75, 3.05) is 0 Å². The molecule has 0 aromatic rings. The van der Waals surface area contributed by atoms with Crippen LogP contribution in [0.4, 0.5) is 0 Å². The van der Waals surface area contributed by atoms with E-state index in [0.29, 0.717) is 0 Å². The second-order valence-electron chi connectivity index (χ2n) is 7.88. The molecule has 4 atom stereocenters. The number of terminal acetylenes is 2. The second-order valence-corrected chi connectivity index (χ2v) is 7.88. The molecule has 0 spiro atoms. The Morgan fingerprint density at radius 2 is 1.00 bits per heavy atom. The Morgan fingerprint density at radius 3 is 1.28 bits per heavy atom. The predicted octanol–water partition coefficient (Wildman–Crippen LogP) is 3.33. The van der Waals surface area contributed by atoms with Gasteiger partial charge in [-0.15, -0.1) is 12.8 Å². The van der Waals surface area contributed by atoms with Gasteiger partial charge in [-0.25, -0.2) is 0 Å². The second kappa shape index (κ2) is 2.67. The van der Waals surface area contributed by atoms with Crippen LogP contribution in [0.25, 0.3) is 0 Å². The molecule has 92 valence electrons. The lowest BCUT2D eigenvalue weighted by Crippen LogP contribution is -2.71. The van der Waals surface area contributed by atoms with Crippen LogP contribution in [0.2, 0.25) is 0 Å². The molecule has 0 saturated heterocycles. The maximum atomic E-state index is 6.06. The van der Waals surface area contributed by atoms with Crippen LogP contribution in [-0.4, -0.2) is 0 Å². The largest absolute Gasteiger partial charge is 0.119 e. The molecule has 0 N–H and O–H groups in total. The Hall–Kier alpha value is -0.880. The van der Waals surface area contributed by atoms with Crippen molar-refractivity contribution in [1.82, 2.24) is 0 Å². The summed E-state index contributed by atoms with van der Waals surface area (Å²) in [6.07, 6.45) is 20.4. The van der Waals surface area contributed by atoms with E-state index < -0.39 is 0 Å². The van der Waals surface area contributed by atoms with E-state index in [2.05, 4.69) is 11.8 Å². The van der Waals surface area contributed by atoms with Crippen molar-refractivity contribution < 1.29 is 0 Å². The highest BCUT2D eigenvalue weighted by Gasteiger charge is 2.74. The van der Waals surface area contributed by atoms with Crippen molar-refractivity contribution in [1.29, 1.82) is 0 Å². The maximum Gasteiger partial charge on any atom is 0.0377 e. The summed E-state index contributed by atoms with van der Waals surface area (Å²) in [7, 11) is 0. The minimum atomic E-state index is 0.272. The van der Waals surface area contributed by atoms with Crippen molar-refractivity contribution >= 4 is 0 Å². The quantitative estimate of drug-likeness (QED) is 0.566. The lowest BCUT2D eigenvalue weighted by atomic mass is 9.27. The molecule has 7 aliphatic rings. The molecular formula is C18H20. The molecule has 0 radical (unpaired) electrons. The van der Waals surface area contributed by atoms with Crippen molar-refractivity contribution in [2.24, 2.45) is 46.3 Å². The van der Waals surface area contributed by atoms with E-state index in [1.807, 2.05) is 0 Å². The third kappa shape index (κ3) is 0.757. The van der Waals surface area contributed by atoms with Gasteiger partial charge in [0.25, 0.3) is 0 Å². The summed E-state index contributed by atoms with van der Waals surface area (Å²) < 4.78 is 0. The van der Waals surface area contributed by atoms with E-state index in [1.165, 1.54) is 38.5 Å². The van der Waals surface area contributed by atoms with Crippen LogP contribution in [0.5, 0.6) is 0 Å². The molecule has 7 rings (SSSR count). The Morgan fingerprint density at radius 1 is 0.667 bits per heavy atom. The van der Waals surface area contributed by atoms with Crippen molar-refractivity contribution in [2.45, 2.75) is 38.5 Å². The molecule has 7 aliphatic carbocycles. The van der Waals surface area contributed by atoms with E-state index in [9.17, 15) is 0 Å². The van der Waals surface area contributed by atoms with Crippen molar-refractivity contribution in [3.05, 3.63) is 0 Å². The summed E-state index contributed by atoms with van der Waals surface area (Å²) in [6.45, 7) is 0. The van der Waals surface area contributed by atoms with Gasteiger partial charge in [-0.3, -0.25) is 0 Å². The highest BCUT2D eigenvalue weighted by molar-refractivity contribution is 5.34. The van der Waals surface area contributed by atoms with E-state index in [1.54, 1.807) is 0 Å². The summed E-state index contributed by atoms with van der Waals surface area (Å²) in [5.41, 5.74) is 0.543. The molecule has 7 fully saturated rings. The van der Waals surface area contributed by atoms with E-state index in [0.717, 1.165) is 35.5 Å². The summed E-state index contributed by atoms with van der Waals surface area (Å²) in [5.74, 6) is 11.6. The Kier molecular flexibility index (Phi) is 1.48. The third-order valence-corrected chi connectivity index (χ3v) is 7.76. The van der Waals surface area contributed by atoms with Crippen molar-refractivity contribution in [3.63, 3.8) is 0 Å². The minimum absolute atomic E-state index is 0.272. The molecule has 0 heteroatoms. The van der Waals surface area contributed by atoms with Crippen LogP contribution < -0.4 is 0 Å². The average Bonchev–Trinajstić information content (AvgIpc) is 2.43. The first-order valence-corrected chi connectivity index (χ1v) is 7.69. The maximum absolute atomic E-state index is 6.06. The zero-order valence-electron chi connectivity index (χ0n) is 10.9. The average molecular weight is 236 g/mol. The van der Waals surface area contributed by atoms with Gasteiger partial charge in [0, 0.05) is 10.8 Å².